The summed E-state index contributed by atoms with van der Waals surface area (Å²) in [6.45, 7) is 5.29. The highest BCUT2D eigenvalue weighted by atomic mass is 19.1. The molecular weight excluding hydrogens is 209 g/mol. The molecule has 1 unspecified atom stereocenters. The highest BCUT2D eigenvalue weighted by molar-refractivity contribution is 5.77. The zero-order valence-corrected chi connectivity index (χ0v) is 9.62. The van der Waals surface area contributed by atoms with Crippen LogP contribution in [0.5, 0.6) is 0 Å². The van der Waals surface area contributed by atoms with Gasteiger partial charge < -0.3 is 10.4 Å². The monoisotopic (exact) mass is 225 g/mol. The summed E-state index contributed by atoms with van der Waals surface area (Å²) in [7, 11) is 0. The maximum absolute atomic E-state index is 13.0. The van der Waals surface area contributed by atoms with Crippen LogP contribution in [-0.2, 0) is 4.79 Å². The van der Waals surface area contributed by atoms with Crippen LogP contribution < -0.4 is 5.32 Å². The minimum absolute atomic E-state index is 0.0390. The van der Waals surface area contributed by atoms with E-state index in [1.165, 1.54) is 6.07 Å². The van der Waals surface area contributed by atoms with Crippen LogP contribution in [0, 0.1) is 18.7 Å². The Morgan fingerprint density at radius 3 is 2.50 bits per heavy atom. The molecule has 0 radical (unpaired) electrons. The van der Waals surface area contributed by atoms with Crippen molar-refractivity contribution >= 4 is 11.7 Å². The van der Waals surface area contributed by atoms with Crippen LogP contribution in [0.4, 0.5) is 10.1 Å². The molecule has 3 nitrogen and oxygen atoms in total. The molecule has 0 heterocycles. The van der Waals surface area contributed by atoms with Crippen molar-refractivity contribution in [3.63, 3.8) is 0 Å². The van der Waals surface area contributed by atoms with Crippen molar-refractivity contribution in [3.8, 4) is 0 Å². The van der Waals surface area contributed by atoms with Gasteiger partial charge in [0.1, 0.15) is 11.9 Å². The van der Waals surface area contributed by atoms with Crippen LogP contribution in [0.3, 0.4) is 0 Å². The summed E-state index contributed by atoms with van der Waals surface area (Å²) in [5.41, 5.74) is 1.12. The van der Waals surface area contributed by atoms with E-state index in [0.29, 0.717) is 11.3 Å². The van der Waals surface area contributed by atoms with Gasteiger partial charge in [0, 0.05) is 5.69 Å². The molecule has 0 aromatic heterocycles. The van der Waals surface area contributed by atoms with E-state index in [1.54, 1.807) is 19.1 Å². The van der Waals surface area contributed by atoms with Gasteiger partial charge in [0.15, 0.2) is 0 Å². The maximum Gasteiger partial charge on any atom is 0.326 e. The topological polar surface area (TPSA) is 49.3 Å². The Hall–Kier alpha value is -1.58. The normalized spacial score (nSPS) is 12.6. The molecule has 16 heavy (non-hydrogen) atoms. The second-order valence-electron chi connectivity index (χ2n) is 4.17. The molecular formula is C12H16FNO2. The number of aliphatic carboxylic acids is 1. The van der Waals surface area contributed by atoms with Crippen molar-refractivity contribution in [2.45, 2.75) is 26.8 Å². The Labute approximate surface area is 94.3 Å². The number of hydrogen-bond acceptors (Lipinski definition) is 2. The molecule has 4 heteroatoms. The molecule has 0 saturated heterocycles. The number of rotatable bonds is 4. The molecule has 0 aliphatic heterocycles. The second kappa shape index (κ2) is 4.96. The van der Waals surface area contributed by atoms with Crippen LogP contribution in [-0.4, -0.2) is 17.1 Å². The number of halogens is 1. The van der Waals surface area contributed by atoms with E-state index in [-0.39, 0.29) is 11.7 Å². The number of nitrogens with one attached hydrogen (secondary N) is 1. The molecule has 1 atom stereocenters. The lowest BCUT2D eigenvalue weighted by Gasteiger charge is -2.19. The first-order valence-electron chi connectivity index (χ1n) is 5.17. The van der Waals surface area contributed by atoms with Crippen molar-refractivity contribution < 1.29 is 14.3 Å². The van der Waals surface area contributed by atoms with Crippen molar-refractivity contribution in [1.29, 1.82) is 0 Å². The van der Waals surface area contributed by atoms with E-state index in [0.717, 1.165) is 0 Å². The first-order chi connectivity index (χ1) is 7.41. The third-order valence-electron chi connectivity index (χ3n) is 2.41. The SMILES string of the molecule is Cc1cc(NC(C(=O)O)C(C)C)ccc1F. The minimum Gasteiger partial charge on any atom is -0.480 e. The molecule has 0 fully saturated rings. The number of anilines is 1. The van der Waals surface area contributed by atoms with Gasteiger partial charge >= 0.3 is 5.97 Å². The molecule has 88 valence electrons. The van der Waals surface area contributed by atoms with Gasteiger partial charge in [0.25, 0.3) is 0 Å². The lowest BCUT2D eigenvalue weighted by molar-refractivity contribution is -0.138. The number of carboxylic acid groups (broad SMARTS) is 1. The first-order valence-corrected chi connectivity index (χ1v) is 5.17. The van der Waals surface area contributed by atoms with E-state index in [4.69, 9.17) is 5.11 Å². The molecule has 0 spiro atoms. The third-order valence-corrected chi connectivity index (χ3v) is 2.41. The molecule has 1 aromatic rings. The van der Waals surface area contributed by atoms with Gasteiger partial charge in [0.05, 0.1) is 0 Å². The predicted molar refractivity (Wildman–Crippen MR) is 61.0 cm³/mol. The van der Waals surface area contributed by atoms with E-state index < -0.39 is 12.0 Å². The number of aryl methyl sites for hydroxylation is 1. The molecule has 2 N–H and O–H groups in total. The number of carboxylic acids is 1. The van der Waals surface area contributed by atoms with Crippen molar-refractivity contribution in [1.82, 2.24) is 0 Å². The average Bonchev–Trinajstić information content (AvgIpc) is 2.18. The van der Waals surface area contributed by atoms with Gasteiger partial charge in [-0.25, -0.2) is 9.18 Å². The molecule has 0 aliphatic rings. The zero-order chi connectivity index (χ0) is 12.3. The van der Waals surface area contributed by atoms with Crippen molar-refractivity contribution in [2.75, 3.05) is 5.32 Å². The Morgan fingerprint density at radius 1 is 1.44 bits per heavy atom. The first kappa shape index (κ1) is 12.5. The van der Waals surface area contributed by atoms with Crippen molar-refractivity contribution in [2.24, 2.45) is 5.92 Å². The average molecular weight is 225 g/mol. The van der Waals surface area contributed by atoms with Crippen molar-refractivity contribution in [3.05, 3.63) is 29.6 Å². The van der Waals surface area contributed by atoms with E-state index >= 15 is 0 Å². The van der Waals surface area contributed by atoms with Crippen LogP contribution in [0.1, 0.15) is 19.4 Å². The predicted octanol–water partition coefficient (Wildman–Crippen LogP) is 2.66. The fourth-order valence-corrected chi connectivity index (χ4v) is 1.43. The third kappa shape index (κ3) is 2.95. The standard InChI is InChI=1S/C12H16FNO2/c1-7(2)11(12(15)16)14-9-4-5-10(13)8(3)6-9/h4-7,11,14H,1-3H3,(H,15,16). The zero-order valence-electron chi connectivity index (χ0n) is 9.62. The van der Waals surface area contributed by atoms with E-state index in [1.807, 2.05) is 13.8 Å². The van der Waals surface area contributed by atoms with Crippen LogP contribution in [0.2, 0.25) is 0 Å². The van der Waals surface area contributed by atoms with Gasteiger partial charge in [-0.1, -0.05) is 13.8 Å². The van der Waals surface area contributed by atoms with Crippen LogP contribution >= 0.6 is 0 Å². The second-order valence-corrected chi connectivity index (χ2v) is 4.17. The Balaban J connectivity index is 2.86. The quantitative estimate of drug-likeness (QED) is 0.828. The van der Waals surface area contributed by atoms with Crippen LogP contribution in [0.25, 0.3) is 0 Å². The molecule has 1 rings (SSSR count). The van der Waals surface area contributed by atoms with E-state index in [2.05, 4.69) is 5.32 Å². The highest BCUT2D eigenvalue weighted by Gasteiger charge is 2.20. The molecule has 0 saturated carbocycles. The summed E-state index contributed by atoms with van der Waals surface area (Å²) in [6, 6.07) is 3.82. The summed E-state index contributed by atoms with van der Waals surface area (Å²) in [6.07, 6.45) is 0. The molecule has 0 bridgehead atoms. The fraction of sp³-hybridized carbons (Fsp3) is 0.417. The molecule has 0 aliphatic carbocycles. The molecule has 1 aromatic carbocycles. The summed E-state index contributed by atoms with van der Waals surface area (Å²) in [4.78, 5) is 11.0. The number of hydrogen-bond donors (Lipinski definition) is 2. The maximum atomic E-state index is 13.0. The smallest absolute Gasteiger partial charge is 0.326 e. The van der Waals surface area contributed by atoms with Gasteiger partial charge in [0.2, 0.25) is 0 Å². The minimum atomic E-state index is -0.906. The van der Waals surface area contributed by atoms with Gasteiger partial charge in [-0.3, -0.25) is 0 Å². The van der Waals surface area contributed by atoms with Crippen LogP contribution in [0.15, 0.2) is 18.2 Å². The summed E-state index contributed by atoms with van der Waals surface area (Å²) < 4.78 is 13.0. The fourth-order valence-electron chi connectivity index (χ4n) is 1.43. The lowest BCUT2D eigenvalue weighted by atomic mass is 10.0. The Bertz CT molecular complexity index is 391. The largest absolute Gasteiger partial charge is 0.480 e. The number of carbonyl (C=O) groups is 1. The summed E-state index contributed by atoms with van der Waals surface area (Å²) in [5.74, 6) is -1.23. The lowest BCUT2D eigenvalue weighted by Crippen LogP contribution is -2.34. The van der Waals surface area contributed by atoms with Gasteiger partial charge in [-0.2, -0.15) is 0 Å². The van der Waals surface area contributed by atoms with Gasteiger partial charge in [-0.15, -0.1) is 0 Å². The summed E-state index contributed by atoms with van der Waals surface area (Å²) >= 11 is 0. The molecule has 0 amide bonds. The number of benzene rings is 1. The Kier molecular flexibility index (Phi) is 3.88. The van der Waals surface area contributed by atoms with Gasteiger partial charge in [-0.05, 0) is 36.6 Å². The summed E-state index contributed by atoms with van der Waals surface area (Å²) in [5, 5.41) is 11.9. The van der Waals surface area contributed by atoms with E-state index in [9.17, 15) is 9.18 Å². The Morgan fingerprint density at radius 2 is 2.06 bits per heavy atom. The highest BCUT2D eigenvalue weighted by Crippen LogP contribution is 2.16.